The number of hydrogen-bond acceptors (Lipinski definition) is 8. The molecular formula is C25H29N7O2S. The molecule has 1 saturated carbocycles. The molecule has 4 aromatic rings. The topological polar surface area (TPSA) is 96.7 Å². The van der Waals surface area contributed by atoms with Crippen molar-refractivity contribution in [1.82, 2.24) is 24.7 Å². The van der Waals surface area contributed by atoms with Gasteiger partial charge in [-0.2, -0.15) is 0 Å². The molecule has 3 aromatic heterocycles. The van der Waals surface area contributed by atoms with Crippen LogP contribution < -0.4 is 20.3 Å². The van der Waals surface area contributed by atoms with Crippen molar-refractivity contribution in [2.45, 2.75) is 51.6 Å². The molecule has 10 heteroatoms. The summed E-state index contributed by atoms with van der Waals surface area (Å²) in [5.41, 5.74) is 4.73. The fourth-order valence-electron chi connectivity index (χ4n) is 4.91. The molecule has 6 rings (SSSR count). The number of fused-ring (bicyclic) bond motifs is 2. The number of piperidine rings is 1. The van der Waals surface area contributed by atoms with E-state index in [1.54, 1.807) is 7.11 Å². The van der Waals surface area contributed by atoms with Crippen molar-refractivity contribution in [3.63, 3.8) is 0 Å². The minimum atomic E-state index is -0.243. The Bertz CT molecular complexity index is 1420. The summed E-state index contributed by atoms with van der Waals surface area (Å²) < 4.78 is 8.32. The van der Waals surface area contributed by atoms with Crippen LogP contribution in [0.25, 0.3) is 15.9 Å². The molecule has 4 heterocycles. The van der Waals surface area contributed by atoms with Crippen LogP contribution in [0.15, 0.2) is 24.5 Å². The highest BCUT2D eigenvalue weighted by atomic mass is 32.1. The Morgan fingerprint density at radius 3 is 2.57 bits per heavy atom. The van der Waals surface area contributed by atoms with Gasteiger partial charge in [-0.05, 0) is 51.7 Å². The lowest BCUT2D eigenvalue weighted by Gasteiger charge is -2.34. The summed E-state index contributed by atoms with van der Waals surface area (Å²) in [7, 11) is 1.61. The van der Waals surface area contributed by atoms with Crippen LogP contribution in [0, 0.1) is 13.8 Å². The van der Waals surface area contributed by atoms with Gasteiger partial charge < -0.3 is 24.7 Å². The number of nitrogens with zero attached hydrogens (tertiary/aromatic N) is 5. The second kappa shape index (κ2) is 8.76. The monoisotopic (exact) mass is 491 g/mol. The maximum Gasteiger partial charge on any atom is 0.274 e. The predicted octanol–water partition coefficient (Wildman–Crippen LogP) is 3.94. The minimum absolute atomic E-state index is 0.243. The number of thiazole rings is 1. The van der Waals surface area contributed by atoms with E-state index < -0.39 is 0 Å². The highest BCUT2D eigenvalue weighted by molar-refractivity contribution is 7.21. The van der Waals surface area contributed by atoms with Gasteiger partial charge in [-0.3, -0.25) is 9.78 Å². The van der Waals surface area contributed by atoms with Gasteiger partial charge in [0.1, 0.15) is 5.52 Å². The number of rotatable bonds is 6. The molecule has 0 radical (unpaired) electrons. The molecule has 1 amide bonds. The van der Waals surface area contributed by atoms with Gasteiger partial charge in [0.2, 0.25) is 0 Å². The molecule has 1 aromatic carbocycles. The van der Waals surface area contributed by atoms with Crippen LogP contribution in [0.4, 0.5) is 11.5 Å². The SMILES string of the molecule is COc1nc2c(C(=O)Nc3cn4cc(C)nc(C)c4n3)ccc(N3CCC(NC4CC4)CC3)c2s1. The summed E-state index contributed by atoms with van der Waals surface area (Å²) in [6, 6.07) is 5.25. The van der Waals surface area contributed by atoms with Gasteiger partial charge >= 0.3 is 0 Å². The maximum absolute atomic E-state index is 13.3. The van der Waals surface area contributed by atoms with E-state index in [9.17, 15) is 4.79 Å². The number of hydrogen-bond donors (Lipinski definition) is 2. The van der Waals surface area contributed by atoms with Crippen molar-refractivity contribution in [1.29, 1.82) is 0 Å². The third kappa shape index (κ3) is 4.32. The third-order valence-electron chi connectivity index (χ3n) is 6.77. The summed E-state index contributed by atoms with van der Waals surface area (Å²) in [5.74, 6) is 0.239. The van der Waals surface area contributed by atoms with Gasteiger partial charge in [0.15, 0.2) is 11.5 Å². The van der Waals surface area contributed by atoms with Crippen LogP contribution >= 0.6 is 11.3 Å². The van der Waals surface area contributed by atoms with Gasteiger partial charge in [-0.1, -0.05) is 11.3 Å². The quantitative estimate of drug-likeness (QED) is 0.422. The lowest BCUT2D eigenvalue weighted by Crippen LogP contribution is -2.43. The number of carbonyl (C=O) groups is 1. The molecule has 0 bridgehead atoms. The lowest BCUT2D eigenvalue weighted by molar-refractivity contribution is 0.102. The van der Waals surface area contributed by atoms with Gasteiger partial charge in [0.05, 0.1) is 40.6 Å². The third-order valence-corrected chi connectivity index (χ3v) is 7.81. The molecule has 1 saturated heterocycles. The predicted molar refractivity (Wildman–Crippen MR) is 138 cm³/mol. The first kappa shape index (κ1) is 22.2. The molecule has 2 fully saturated rings. The number of amides is 1. The second-order valence-corrected chi connectivity index (χ2v) is 10.4. The molecule has 0 unspecified atom stereocenters. The Kier molecular flexibility index (Phi) is 5.57. The molecule has 182 valence electrons. The fraction of sp³-hybridized carbons (Fsp3) is 0.440. The van der Waals surface area contributed by atoms with Crippen molar-refractivity contribution in [2.75, 3.05) is 30.4 Å². The minimum Gasteiger partial charge on any atom is -0.473 e. The van der Waals surface area contributed by atoms with Crippen molar-refractivity contribution >= 4 is 44.6 Å². The summed E-state index contributed by atoms with van der Waals surface area (Å²) in [6.07, 6.45) is 8.58. The Morgan fingerprint density at radius 1 is 1.06 bits per heavy atom. The van der Waals surface area contributed by atoms with Crippen LogP contribution in [0.1, 0.15) is 47.4 Å². The number of imidazole rings is 1. The van der Waals surface area contributed by atoms with Crippen LogP contribution in [0.2, 0.25) is 0 Å². The molecule has 1 aliphatic carbocycles. The molecular weight excluding hydrogens is 462 g/mol. The number of anilines is 2. The molecule has 1 aliphatic heterocycles. The van der Waals surface area contributed by atoms with E-state index in [2.05, 4.69) is 30.5 Å². The number of benzene rings is 1. The number of ether oxygens (including phenoxy) is 1. The van der Waals surface area contributed by atoms with Crippen LogP contribution in [0.3, 0.4) is 0 Å². The van der Waals surface area contributed by atoms with Crippen molar-refractivity contribution in [3.05, 3.63) is 41.5 Å². The Balaban J connectivity index is 1.27. The van der Waals surface area contributed by atoms with Crippen molar-refractivity contribution in [2.24, 2.45) is 0 Å². The van der Waals surface area contributed by atoms with Gasteiger partial charge in [0.25, 0.3) is 11.1 Å². The van der Waals surface area contributed by atoms with E-state index in [0.29, 0.717) is 28.1 Å². The smallest absolute Gasteiger partial charge is 0.274 e. The number of nitrogens with one attached hydrogen (secondary N) is 2. The van der Waals surface area contributed by atoms with Crippen LogP contribution in [-0.4, -0.2) is 57.5 Å². The van der Waals surface area contributed by atoms with E-state index in [1.807, 2.05) is 42.8 Å². The van der Waals surface area contributed by atoms with Crippen LogP contribution in [0.5, 0.6) is 5.19 Å². The number of methoxy groups -OCH3 is 1. The zero-order valence-electron chi connectivity index (χ0n) is 20.2. The Hall–Kier alpha value is -3.24. The highest BCUT2D eigenvalue weighted by Gasteiger charge is 2.28. The Morgan fingerprint density at radius 2 is 1.83 bits per heavy atom. The lowest BCUT2D eigenvalue weighted by atomic mass is 10.0. The first-order chi connectivity index (χ1) is 17.0. The normalized spacial score (nSPS) is 16.8. The molecule has 2 N–H and O–H groups in total. The molecule has 2 aliphatic rings. The molecule has 35 heavy (non-hydrogen) atoms. The van der Waals surface area contributed by atoms with Crippen molar-refractivity contribution < 1.29 is 9.53 Å². The Labute approximate surface area is 207 Å². The largest absolute Gasteiger partial charge is 0.473 e. The average molecular weight is 492 g/mol. The van der Waals surface area contributed by atoms with Crippen LogP contribution in [-0.2, 0) is 0 Å². The van der Waals surface area contributed by atoms with E-state index in [4.69, 9.17) is 4.74 Å². The summed E-state index contributed by atoms with van der Waals surface area (Å²) in [4.78, 5) is 29.4. The standard InChI is InChI=1S/C25H29N7O2S/c1-14-12-32-13-20(28-23(32)15(2)26-14)29-24(33)18-6-7-19(22-21(18)30-25(34-3)35-22)31-10-8-17(9-11-31)27-16-4-5-16/h6-7,12-13,16-17,27H,4-5,8-11H2,1-3H3,(H,29,33). The summed E-state index contributed by atoms with van der Waals surface area (Å²) >= 11 is 1.49. The van der Waals surface area contributed by atoms with Gasteiger partial charge in [-0.15, -0.1) is 0 Å². The number of carbonyl (C=O) groups excluding carboxylic acids is 1. The number of aromatic nitrogens is 4. The van der Waals surface area contributed by atoms with Crippen molar-refractivity contribution in [3.8, 4) is 5.19 Å². The van der Waals surface area contributed by atoms with Gasteiger partial charge in [0, 0.05) is 31.4 Å². The summed E-state index contributed by atoms with van der Waals surface area (Å²) in [6.45, 7) is 5.82. The first-order valence-electron chi connectivity index (χ1n) is 12.1. The average Bonchev–Trinajstić information content (AvgIpc) is 3.39. The zero-order valence-corrected chi connectivity index (χ0v) is 21.0. The molecule has 0 spiro atoms. The molecule has 9 nitrogen and oxygen atoms in total. The zero-order chi connectivity index (χ0) is 24.1. The number of aryl methyl sites for hydroxylation is 2. The van der Waals surface area contributed by atoms with Gasteiger partial charge in [-0.25, -0.2) is 9.97 Å². The maximum atomic E-state index is 13.3. The van der Waals surface area contributed by atoms with E-state index in [-0.39, 0.29) is 5.91 Å². The highest BCUT2D eigenvalue weighted by Crippen LogP contribution is 2.38. The van der Waals surface area contributed by atoms with E-state index in [1.165, 1.54) is 24.2 Å². The fourth-order valence-corrected chi connectivity index (χ4v) is 5.86. The van der Waals surface area contributed by atoms with E-state index >= 15 is 0 Å². The van der Waals surface area contributed by atoms with E-state index in [0.717, 1.165) is 59.4 Å². The molecule has 0 atom stereocenters. The second-order valence-electron chi connectivity index (χ2n) is 9.47. The summed E-state index contributed by atoms with van der Waals surface area (Å²) in [5, 5.41) is 7.26. The first-order valence-corrected chi connectivity index (χ1v) is 12.9.